The Balaban J connectivity index is 1.63. The number of rotatable bonds is 3. The van der Waals surface area contributed by atoms with Crippen LogP contribution in [0.4, 0.5) is 4.79 Å². The molecule has 1 saturated heterocycles. The minimum Gasteiger partial charge on any atom is -0.360 e. The highest BCUT2D eigenvalue weighted by Crippen LogP contribution is 2.28. The van der Waals surface area contributed by atoms with Gasteiger partial charge in [0.15, 0.2) is 0 Å². The van der Waals surface area contributed by atoms with E-state index >= 15 is 0 Å². The van der Waals surface area contributed by atoms with Crippen molar-refractivity contribution in [3.8, 4) is 0 Å². The van der Waals surface area contributed by atoms with Crippen LogP contribution < -0.4 is 5.32 Å². The molecule has 5 nitrogen and oxygen atoms in total. The van der Waals surface area contributed by atoms with Crippen LogP contribution in [-0.2, 0) is 11.3 Å². The summed E-state index contributed by atoms with van der Waals surface area (Å²) in [4.78, 5) is 29.3. The van der Waals surface area contributed by atoms with Gasteiger partial charge in [0.25, 0.3) is 5.91 Å². The third kappa shape index (κ3) is 3.20. The van der Waals surface area contributed by atoms with Gasteiger partial charge in [0, 0.05) is 27.2 Å². The van der Waals surface area contributed by atoms with Crippen LogP contribution in [-0.4, -0.2) is 21.8 Å². The molecule has 1 aliphatic heterocycles. The van der Waals surface area contributed by atoms with Gasteiger partial charge in [-0.05, 0) is 42.3 Å². The fraction of sp³-hybridized carbons (Fsp3) is 0.100. The Bertz CT molecular complexity index is 1100. The molecule has 27 heavy (non-hydrogen) atoms. The predicted octanol–water partition coefficient (Wildman–Crippen LogP) is 4.88. The van der Waals surface area contributed by atoms with E-state index in [0.29, 0.717) is 10.0 Å². The van der Waals surface area contributed by atoms with Gasteiger partial charge in [0.1, 0.15) is 5.70 Å². The molecule has 0 radical (unpaired) electrons. The average Bonchev–Trinajstić information content (AvgIpc) is 3.17. The molecule has 1 aromatic heterocycles. The van der Waals surface area contributed by atoms with Crippen molar-refractivity contribution < 1.29 is 9.59 Å². The molecule has 0 bridgehead atoms. The molecule has 7 heteroatoms. The van der Waals surface area contributed by atoms with E-state index in [1.165, 1.54) is 4.90 Å². The molecule has 0 spiro atoms. The molecule has 136 valence electrons. The highest BCUT2D eigenvalue weighted by Gasteiger charge is 2.33. The number of fused-ring (bicyclic) bond motifs is 1. The number of carbonyl (C=O) groups is 2. The number of nitrogens with zero attached hydrogens (tertiary/aromatic N) is 1. The SMILES string of the molecule is Cc1c(Cl)ccc2c(/C=C3\NC(=O)N(Cc4ccc(Cl)cc4)C3=O)c[nH]c12. The normalized spacial score (nSPS) is 15.8. The largest absolute Gasteiger partial charge is 0.360 e. The van der Waals surface area contributed by atoms with Crippen LogP contribution in [0.3, 0.4) is 0 Å². The van der Waals surface area contributed by atoms with Crippen molar-refractivity contribution in [3.05, 3.63) is 75.0 Å². The zero-order valence-corrected chi connectivity index (χ0v) is 15.9. The Kier molecular flexibility index (Phi) is 4.42. The summed E-state index contributed by atoms with van der Waals surface area (Å²) in [7, 11) is 0. The molecular weight excluding hydrogens is 385 g/mol. The summed E-state index contributed by atoms with van der Waals surface area (Å²) in [5.74, 6) is -0.366. The van der Waals surface area contributed by atoms with Gasteiger partial charge in [-0.1, -0.05) is 41.4 Å². The van der Waals surface area contributed by atoms with Gasteiger partial charge in [0.05, 0.1) is 12.1 Å². The lowest BCUT2D eigenvalue weighted by Crippen LogP contribution is -2.30. The van der Waals surface area contributed by atoms with E-state index in [2.05, 4.69) is 10.3 Å². The standard InChI is InChI=1S/C20H15Cl2N3O2/c1-11-16(22)7-6-15-13(9-23-18(11)15)8-17-19(26)25(20(27)24-17)10-12-2-4-14(21)5-3-12/h2-9,23H,10H2,1H3,(H,24,27)/b17-8-. The van der Waals surface area contributed by atoms with Gasteiger partial charge >= 0.3 is 6.03 Å². The quantitative estimate of drug-likeness (QED) is 0.486. The summed E-state index contributed by atoms with van der Waals surface area (Å²) >= 11 is 12.0. The van der Waals surface area contributed by atoms with Crippen molar-refractivity contribution in [1.82, 2.24) is 15.2 Å². The number of carbonyl (C=O) groups excluding carboxylic acids is 2. The number of aromatic amines is 1. The fourth-order valence-corrected chi connectivity index (χ4v) is 3.39. The van der Waals surface area contributed by atoms with E-state index in [4.69, 9.17) is 23.2 Å². The fourth-order valence-electron chi connectivity index (χ4n) is 3.10. The second-order valence-electron chi connectivity index (χ2n) is 6.34. The van der Waals surface area contributed by atoms with E-state index in [0.717, 1.165) is 27.6 Å². The molecule has 0 unspecified atom stereocenters. The van der Waals surface area contributed by atoms with E-state index in [1.807, 2.05) is 19.1 Å². The summed E-state index contributed by atoms with van der Waals surface area (Å²) in [6.07, 6.45) is 3.47. The van der Waals surface area contributed by atoms with Gasteiger partial charge in [-0.15, -0.1) is 0 Å². The minimum atomic E-state index is -0.444. The highest BCUT2D eigenvalue weighted by atomic mass is 35.5. The third-order valence-corrected chi connectivity index (χ3v) is 5.26. The molecule has 2 aromatic carbocycles. The lowest BCUT2D eigenvalue weighted by Gasteiger charge is -2.11. The number of urea groups is 1. The van der Waals surface area contributed by atoms with E-state index in [-0.39, 0.29) is 18.1 Å². The van der Waals surface area contributed by atoms with Crippen LogP contribution in [0, 0.1) is 6.92 Å². The minimum absolute atomic E-state index is 0.182. The van der Waals surface area contributed by atoms with E-state index < -0.39 is 6.03 Å². The number of benzene rings is 2. The van der Waals surface area contributed by atoms with Crippen molar-refractivity contribution in [2.24, 2.45) is 0 Å². The number of aryl methyl sites for hydroxylation is 1. The molecule has 1 aliphatic rings. The number of imide groups is 1. The molecule has 4 rings (SSSR count). The molecule has 3 aromatic rings. The van der Waals surface area contributed by atoms with E-state index in [9.17, 15) is 9.59 Å². The van der Waals surface area contributed by atoms with Crippen molar-refractivity contribution in [2.45, 2.75) is 13.5 Å². The molecule has 0 saturated carbocycles. The summed E-state index contributed by atoms with van der Waals surface area (Å²) in [6, 6.07) is 10.3. The van der Waals surface area contributed by atoms with Crippen LogP contribution in [0.1, 0.15) is 16.7 Å². The first-order chi connectivity index (χ1) is 12.9. The summed E-state index contributed by atoms with van der Waals surface area (Å²) in [6.45, 7) is 2.11. The van der Waals surface area contributed by atoms with Crippen molar-refractivity contribution in [3.63, 3.8) is 0 Å². The number of aromatic nitrogens is 1. The van der Waals surface area contributed by atoms with Crippen LogP contribution in [0.2, 0.25) is 10.0 Å². The summed E-state index contributed by atoms with van der Waals surface area (Å²) in [5, 5.41) is 4.85. The number of H-pyrrole nitrogens is 1. The van der Waals surface area contributed by atoms with Crippen LogP contribution >= 0.6 is 23.2 Å². The van der Waals surface area contributed by atoms with Gasteiger partial charge in [0.2, 0.25) is 0 Å². The predicted molar refractivity (Wildman–Crippen MR) is 107 cm³/mol. The Morgan fingerprint density at radius 1 is 1.07 bits per heavy atom. The topological polar surface area (TPSA) is 65.2 Å². The van der Waals surface area contributed by atoms with Gasteiger partial charge < -0.3 is 10.3 Å². The number of nitrogens with one attached hydrogen (secondary N) is 2. The van der Waals surface area contributed by atoms with Gasteiger partial charge in [-0.3, -0.25) is 9.69 Å². The Hall–Kier alpha value is -2.76. The maximum Gasteiger partial charge on any atom is 0.329 e. The summed E-state index contributed by atoms with van der Waals surface area (Å²) in [5.41, 5.74) is 3.71. The molecule has 1 fully saturated rings. The highest BCUT2D eigenvalue weighted by molar-refractivity contribution is 6.32. The molecule has 2 N–H and O–H groups in total. The van der Waals surface area contributed by atoms with Crippen LogP contribution in [0.5, 0.6) is 0 Å². The Labute approximate surface area is 165 Å². The maximum absolute atomic E-state index is 12.7. The Morgan fingerprint density at radius 3 is 2.56 bits per heavy atom. The lowest BCUT2D eigenvalue weighted by atomic mass is 10.1. The molecule has 0 atom stereocenters. The average molecular weight is 400 g/mol. The third-order valence-electron chi connectivity index (χ3n) is 4.60. The van der Waals surface area contributed by atoms with Crippen molar-refractivity contribution >= 4 is 52.1 Å². The van der Waals surface area contributed by atoms with Crippen LogP contribution in [0.15, 0.2) is 48.3 Å². The van der Waals surface area contributed by atoms with Gasteiger partial charge in [-0.2, -0.15) is 0 Å². The first kappa shape index (κ1) is 17.6. The first-order valence-electron chi connectivity index (χ1n) is 8.29. The van der Waals surface area contributed by atoms with E-state index in [1.54, 1.807) is 36.5 Å². The smallest absolute Gasteiger partial charge is 0.329 e. The molecule has 0 aliphatic carbocycles. The number of hydrogen-bond donors (Lipinski definition) is 2. The number of hydrogen-bond acceptors (Lipinski definition) is 2. The Morgan fingerprint density at radius 2 is 1.81 bits per heavy atom. The molecule has 3 amide bonds. The zero-order chi connectivity index (χ0) is 19.1. The maximum atomic E-state index is 12.7. The summed E-state index contributed by atoms with van der Waals surface area (Å²) < 4.78 is 0. The first-order valence-corrected chi connectivity index (χ1v) is 9.05. The zero-order valence-electron chi connectivity index (χ0n) is 14.3. The molecule has 2 heterocycles. The monoisotopic (exact) mass is 399 g/mol. The number of amides is 3. The van der Waals surface area contributed by atoms with Crippen molar-refractivity contribution in [2.75, 3.05) is 0 Å². The second-order valence-corrected chi connectivity index (χ2v) is 7.19. The van der Waals surface area contributed by atoms with Crippen molar-refractivity contribution in [1.29, 1.82) is 0 Å². The van der Waals surface area contributed by atoms with Crippen LogP contribution in [0.25, 0.3) is 17.0 Å². The second kappa shape index (κ2) is 6.76. The number of halogens is 2. The molecular formula is C20H15Cl2N3O2. The van der Waals surface area contributed by atoms with Gasteiger partial charge in [-0.25, -0.2) is 4.79 Å². The lowest BCUT2D eigenvalue weighted by molar-refractivity contribution is -0.123.